The first-order chi connectivity index (χ1) is 14.4. The number of benzene rings is 2. The standard InChI is InChI=1S/C22H16ClNO6/c1-29-16-8-7-13(11-15(16)23)24-19(12-4-2-5-14(25)10-12)18(21(27)22(24)28)20(26)17-6-3-9-30-17/h2-11,19,25,27H,1H3. The lowest BCUT2D eigenvalue weighted by Gasteiger charge is -2.27. The number of Topliss-reactive ketones (excluding diaryl/α,β-unsaturated/α-hetero) is 1. The molecule has 7 nitrogen and oxygen atoms in total. The number of hydrogen-bond acceptors (Lipinski definition) is 6. The van der Waals surface area contributed by atoms with Gasteiger partial charge in [0.1, 0.15) is 11.5 Å². The van der Waals surface area contributed by atoms with Crippen molar-refractivity contribution < 1.29 is 29.0 Å². The summed E-state index contributed by atoms with van der Waals surface area (Å²) in [6.45, 7) is 0. The normalized spacial score (nSPS) is 16.3. The highest BCUT2D eigenvalue weighted by atomic mass is 35.5. The molecule has 2 N–H and O–H groups in total. The number of nitrogens with zero attached hydrogens (tertiary/aromatic N) is 1. The van der Waals surface area contributed by atoms with Gasteiger partial charge in [-0.15, -0.1) is 0 Å². The van der Waals surface area contributed by atoms with E-state index < -0.39 is 23.5 Å². The highest BCUT2D eigenvalue weighted by Gasteiger charge is 2.45. The minimum atomic E-state index is -1.01. The quantitative estimate of drug-likeness (QED) is 0.586. The van der Waals surface area contributed by atoms with Crippen LogP contribution in [-0.2, 0) is 4.79 Å². The molecule has 4 rings (SSSR count). The van der Waals surface area contributed by atoms with Crippen molar-refractivity contribution in [2.75, 3.05) is 12.0 Å². The number of halogens is 1. The molecule has 2 heterocycles. The number of aromatic hydroxyl groups is 1. The molecule has 0 aliphatic carbocycles. The second-order valence-electron chi connectivity index (χ2n) is 6.56. The van der Waals surface area contributed by atoms with E-state index >= 15 is 0 Å². The van der Waals surface area contributed by atoms with Crippen LogP contribution in [0.25, 0.3) is 0 Å². The molecule has 0 fully saturated rings. The number of anilines is 1. The molecule has 152 valence electrons. The Morgan fingerprint density at radius 1 is 1.13 bits per heavy atom. The first-order valence-electron chi connectivity index (χ1n) is 8.89. The van der Waals surface area contributed by atoms with Gasteiger partial charge in [0, 0.05) is 5.69 Å². The molecule has 1 aromatic heterocycles. The topological polar surface area (TPSA) is 100 Å². The first-order valence-corrected chi connectivity index (χ1v) is 9.27. The maximum absolute atomic E-state index is 13.1. The lowest BCUT2D eigenvalue weighted by Crippen LogP contribution is -2.31. The number of amides is 1. The van der Waals surface area contributed by atoms with Crippen molar-refractivity contribution >= 4 is 29.0 Å². The third-order valence-electron chi connectivity index (χ3n) is 4.80. The van der Waals surface area contributed by atoms with E-state index in [9.17, 15) is 19.8 Å². The van der Waals surface area contributed by atoms with E-state index in [4.69, 9.17) is 20.8 Å². The smallest absolute Gasteiger partial charge is 0.294 e. The molecule has 0 bridgehead atoms. The number of carbonyl (C=O) groups excluding carboxylic acids is 2. The van der Waals surface area contributed by atoms with Crippen molar-refractivity contribution in [3.63, 3.8) is 0 Å². The molecular formula is C22H16ClNO6. The summed E-state index contributed by atoms with van der Waals surface area (Å²) < 4.78 is 10.3. The van der Waals surface area contributed by atoms with E-state index in [-0.39, 0.29) is 22.1 Å². The van der Waals surface area contributed by atoms with Gasteiger partial charge in [-0.3, -0.25) is 14.5 Å². The van der Waals surface area contributed by atoms with Crippen LogP contribution in [0.3, 0.4) is 0 Å². The largest absolute Gasteiger partial charge is 0.508 e. The van der Waals surface area contributed by atoms with E-state index in [1.165, 1.54) is 48.6 Å². The fourth-order valence-electron chi connectivity index (χ4n) is 3.46. The van der Waals surface area contributed by atoms with Gasteiger partial charge in [0.25, 0.3) is 5.91 Å². The number of hydrogen-bond donors (Lipinski definition) is 2. The van der Waals surface area contributed by atoms with Crippen molar-refractivity contribution in [3.05, 3.63) is 88.5 Å². The predicted molar refractivity (Wildman–Crippen MR) is 109 cm³/mol. The Labute approximate surface area is 176 Å². The molecule has 0 saturated carbocycles. The number of methoxy groups -OCH3 is 1. The number of carbonyl (C=O) groups is 2. The van der Waals surface area contributed by atoms with E-state index in [0.29, 0.717) is 17.0 Å². The first kappa shape index (κ1) is 19.6. The number of rotatable bonds is 5. The third kappa shape index (κ3) is 3.19. The molecule has 1 aliphatic heterocycles. The minimum Gasteiger partial charge on any atom is -0.508 e. The van der Waals surface area contributed by atoms with Crippen LogP contribution in [0.2, 0.25) is 5.02 Å². The number of phenolic OH excluding ortho intramolecular Hbond substituents is 1. The Morgan fingerprint density at radius 2 is 1.93 bits per heavy atom. The van der Waals surface area contributed by atoms with Gasteiger partial charge in [-0.2, -0.15) is 0 Å². The summed E-state index contributed by atoms with van der Waals surface area (Å²) in [5.41, 5.74) is 0.606. The zero-order chi connectivity index (χ0) is 21.4. The fourth-order valence-corrected chi connectivity index (χ4v) is 3.71. The predicted octanol–water partition coefficient (Wildman–Crippen LogP) is 4.43. The summed E-state index contributed by atoms with van der Waals surface area (Å²) >= 11 is 6.23. The average molecular weight is 426 g/mol. The summed E-state index contributed by atoms with van der Waals surface area (Å²) in [7, 11) is 1.46. The van der Waals surface area contributed by atoms with Crippen molar-refractivity contribution in [3.8, 4) is 11.5 Å². The van der Waals surface area contributed by atoms with Gasteiger partial charge in [-0.1, -0.05) is 23.7 Å². The zero-order valence-corrected chi connectivity index (χ0v) is 16.5. The summed E-state index contributed by atoms with van der Waals surface area (Å²) in [6, 6.07) is 12.7. The molecule has 2 aromatic carbocycles. The van der Waals surface area contributed by atoms with Gasteiger partial charge in [0.15, 0.2) is 11.5 Å². The Kier molecular flexibility index (Phi) is 4.97. The Bertz CT molecular complexity index is 1170. The molecule has 1 unspecified atom stereocenters. The van der Waals surface area contributed by atoms with Gasteiger partial charge in [0.05, 0.1) is 30.0 Å². The van der Waals surface area contributed by atoms with Crippen molar-refractivity contribution in [2.45, 2.75) is 6.04 Å². The third-order valence-corrected chi connectivity index (χ3v) is 5.09. The van der Waals surface area contributed by atoms with Gasteiger partial charge in [0.2, 0.25) is 5.78 Å². The van der Waals surface area contributed by atoms with Crippen LogP contribution in [0.5, 0.6) is 11.5 Å². The van der Waals surface area contributed by atoms with E-state index in [1.54, 1.807) is 24.3 Å². The summed E-state index contributed by atoms with van der Waals surface area (Å²) in [6.07, 6.45) is 1.33. The zero-order valence-electron chi connectivity index (χ0n) is 15.7. The van der Waals surface area contributed by atoms with Crippen LogP contribution in [0.15, 0.2) is 76.6 Å². The molecule has 3 aromatic rings. The number of furan rings is 1. The number of ketones is 1. The van der Waals surface area contributed by atoms with Gasteiger partial charge >= 0.3 is 0 Å². The molecular weight excluding hydrogens is 410 g/mol. The molecule has 1 atom stereocenters. The maximum atomic E-state index is 13.1. The highest BCUT2D eigenvalue weighted by Crippen LogP contribution is 2.43. The number of aliphatic hydroxyl groups is 1. The second-order valence-corrected chi connectivity index (χ2v) is 6.97. The summed E-state index contributed by atoms with van der Waals surface area (Å²) in [5, 5.41) is 20.8. The fraction of sp³-hybridized carbons (Fsp3) is 0.0909. The number of phenols is 1. The van der Waals surface area contributed by atoms with Crippen LogP contribution in [-0.4, -0.2) is 29.0 Å². The Morgan fingerprint density at radius 3 is 2.57 bits per heavy atom. The van der Waals surface area contributed by atoms with Crippen LogP contribution in [0.4, 0.5) is 5.69 Å². The molecule has 0 saturated heterocycles. The Balaban J connectivity index is 1.89. The lowest BCUT2D eigenvalue weighted by molar-refractivity contribution is -0.117. The Hall–Kier alpha value is -3.71. The summed E-state index contributed by atoms with van der Waals surface area (Å²) in [4.78, 5) is 27.3. The van der Waals surface area contributed by atoms with Crippen molar-refractivity contribution in [2.24, 2.45) is 0 Å². The van der Waals surface area contributed by atoms with Gasteiger partial charge in [-0.25, -0.2) is 0 Å². The van der Waals surface area contributed by atoms with E-state index in [1.807, 2.05) is 0 Å². The van der Waals surface area contributed by atoms with Gasteiger partial charge < -0.3 is 19.4 Å². The van der Waals surface area contributed by atoms with E-state index in [0.717, 1.165) is 0 Å². The molecule has 0 spiro atoms. The van der Waals surface area contributed by atoms with Crippen LogP contribution >= 0.6 is 11.6 Å². The van der Waals surface area contributed by atoms with Gasteiger partial charge in [-0.05, 0) is 48.0 Å². The van der Waals surface area contributed by atoms with Crippen molar-refractivity contribution in [1.29, 1.82) is 0 Å². The molecule has 8 heteroatoms. The summed E-state index contributed by atoms with van der Waals surface area (Å²) in [5.74, 6) is -1.78. The van der Waals surface area contributed by atoms with Crippen molar-refractivity contribution in [1.82, 2.24) is 0 Å². The van der Waals surface area contributed by atoms with Crippen LogP contribution < -0.4 is 9.64 Å². The monoisotopic (exact) mass is 425 g/mol. The minimum absolute atomic E-state index is 0.0240. The van der Waals surface area contributed by atoms with Crippen LogP contribution in [0.1, 0.15) is 22.2 Å². The molecule has 1 amide bonds. The average Bonchev–Trinajstić information content (AvgIpc) is 3.35. The van der Waals surface area contributed by atoms with E-state index in [2.05, 4.69) is 0 Å². The highest BCUT2D eigenvalue weighted by molar-refractivity contribution is 6.32. The van der Waals surface area contributed by atoms with Crippen LogP contribution in [0, 0.1) is 0 Å². The number of ether oxygens (including phenoxy) is 1. The number of aliphatic hydroxyl groups excluding tert-OH is 1. The molecule has 30 heavy (non-hydrogen) atoms. The lowest BCUT2D eigenvalue weighted by atomic mass is 9.94. The SMILES string of the molecule is COc1ccc(N2C(=O)C(O)=C(C(=O)c3ccco3)C2c2cccc(O)c2)cc1Cl. The maximum Gasteiger partial charge on any atom is 0.294 e. The molecule has 1 aliphatic rings. The molecule has 0 radical (unpaired) electrons. The second kappa shape index (κ2) is 7.61.